The Kier molecular flexibility index (Phi) is 15.0. The molecule has 25 nitrogen and oxygen atoms in total. The molecular formula is C39H51N7O18P3S+. The molecule has 68 heavy (non-hydrogen) atoms. The predicted octanol–water partition coefficient (Wildman–Crippen LogP) is 1.24. The molecule has 3 aromatic rings. The van der Waals surface area contributed by atoms with Gasteiger partial charge in [0.2, 0.25) is 11.3 Å². The minimum absolute atomic E-state index is 0.0386. The smallest absolute Gasteiger partial charge is 0.452 e. The number of aliphatic hydroxyl groups is 1. The van der Waals surface area contributed by atoms with Gasteiger partial charge in [-0.2, -0.15) is 22.0 Å². The SMILES string of the molecule is CC[N+]1=c2cc3c(cc2CCC1)=Nc1cc2c(cc1O3)N(CCCC(=O)NCC#Cc1cn([C@H]3C[C@H](O)[C@@H](COP(=O)(O)OP(=O)(O)OP(=O)(O)O)O3)c(=O)nc1N)C(C)(C)CC2CS(=O)(=O)O. The first kappa shape index (κ1) is 51.4. The van der Waals surface area contributed by atoms with Crippen molar-refractivity contribution in [2.45, 2.75) is 89.2 Å². The Hall–Kier alpha value is -4.41. The molecule has 1 fully saturated rings. The number of amides is 1. The molecule has 1 aromatic heterocycles. The maximum absolute atomic E-state index is 13.0. The summed E-state index contributed by atoms with van der Waals surface area (Å²) in [7, 11) is -21.3. The van der Waals surface area contributed by atoms with Crippen molar-refractivity contribution >= 4 is 56.7 Å². The van der Waals surface area contributed by atoms with Crippen LogP contribution in [0.4, 0.5) is 17.2 Å². The zero-order chi connectivity index (χ0) is 49.6. The second-order valence-corrected chi connectivity index (χ2v) is 23.0. The van der Waals surface area contributed by atoms with Gasteiger partial charge in [-0.3, -0.25) is 18.4 Å². The van der Waals surface area contributed by atoms with Gasteiger partial charge >= 0.3 is 29.2 Å². The number of anilines is 2. The second kappa shape index (κ2) is 19.8. The molecule has 370 valence electrons. The summed E-state index contributed by atoms with van der Waals surface area (Å²) in [4.78, 5) is 73.0. The highest BCUT2D eigenvalue weighted by atomic mass is 32.2. The van der Waals surface area contributed by atoms with Gasteiger partial charge in [-0.25, -0.2) is 28.1 Å². The molecule has 1 amide bonds. The molecule has 29 heteroatoms. The van der Waals surface area contributed by atoms with Gasteiger partial charge in [0.15, 0.2) is 11.5 Å². The van der Waals surface area contributed by atoms with E-state index in [9.17, 15) is 51.1 Å². The summed E-state index contributed by atoms with van der Waals surface area (Å²) in [5.41, 5.74) is 7.57. The third-order valence-corrected chi connectivity index (χ3v) is 16.3. The van der Waals surface area contributed by atoms with Crippen LogP contribution < -0.4 is 41.7 Å². The number of phosphoric acid groups is 3. The maximum Gasteiger partial charge on any atom is 0.490 e. The molecule has 2 aromatic carbocycles. The fourth-order valence-corrected chi connectivity index (χ4v) is 12.6. The van der Waals surface area contributed by atoms with Crippen LogP contribution in [0, 0.1) is 11.8 Å². The lowest BCUT2D eigenvalue weighted by atomic mass is 9.79. The van der Waals surface area contributed by atoms with Gasteiger partial charge in [0.25, 0.3) is 10.1 Å². The maximum atomic E-state index is 13.0. The molecule has 0 spiro atoms. The Bertz CT molecular complexity index is 3030. The number of benzene rings is 2. The number of phosphoric ester groups is 1. The summed E-state index contributed by atoms with van der Waals surface area (Å²) in [6.07, 6.45) is -0.417. The highest BCUT2D eigenvalue weighted by Gasteiger charge is 2.44. The molecule has 5 heterocycles. The quantitative estimate of drug-likeness (QED) is 0.0339. The van der Waals surface area contributed by atoms with Crippen molar-refractivity contribution in [3.05, 3.63) is 68.4 Å². The first-order chi connectivity index (χ1) is 31.7. The van der Waals surface area contributed by atoms with Crippen LogP contribution >= 0.6 is 23.5 Å². The van der Waals surface area contributed by atoms with E-state index in [2.05, 4.69) is 51.7 Å². The molecule has 1 saturated heterocycles. The lowest BCUT2D eigenvalue weighted by Gasteiger charge is -2.48. The van der Waals surface area contributed by atoms with Crippen LogP contribution in [0.3, 0.4) is 0 Å². The number of ether oxygens (including phenoxy) is 2. The van der Waals surface area contributed by atoms with Crippen LogP contribution in [-0.2, 0) is 52.9 Å². The van der Waals surface area contributed by atoms with E-state index in [4.69, 9.17) is 30.0 Å². The molecule has 3 unspecified atom stereocenters. The number of hydrogen-bond donors (Lipinski definition) is 8. The fourth-order valence-electron chi connectivity index (χ4n) is 8.76. The number of hydrogen-bond acceptors (Lipinski definition) is 17. The number of aryl methyl sites for hydroxylation is 1. The average Bonchev–Trinajstić information content (AvgIpc) is 3.58. The summed E-state index contributed by atoms with van der Waals surface area (Å²) in [5.74, 6) is 4.94. The van der Waals surface area contributed by atoms with Crippen LogP contribution in [0.15, 0.2) is 40.2 Å². The minimum Gasteiger partial charge on any atom is -0.452 e. The monoisotopic (exact) mass is 1030 g/mol. The van der Waals surface area contributed by atoms with E-state index in [1.54, 1.807) is 0 Å². The molecule has 4 aliphatic heterocycles. The highest BCUT2D eigenvalue weighted by molar-refractivity contribution is 7.85. The number of carbonyl (C=O) groups excluding carboxylic acids is 1. The zero-order valence-electron chi connectivity index (χ0n) is 36.8. The van der Waals surface area contributed by atoms with Crippen molar-refractivity contribution in [2.24, 2.45) is 4.99 Å². The lowest BCUT2D eigenvalue weighted by molar-refractivity contribution is -0.120. The van der Waals surface area contributed by atoms with Gasteiger partial charge in [-0.15, -0.1) is 0 Å². The van der Waals surface area contributed by atoms with Gasteiger partial charge in [0.1, 0.15) is 42.3 Å². The van der Waals surface area contributed by atoms with Gasteiger partial charge in [0.05, 0.1) is 36.6 Å². The third kappa shape index (κ3) is 12.5. The number of aromatic nitrogens is 2. The summed E-state index contributed by atoms with van der Waals surface area (Å²) in [6.45, 7) is 7.13. The van der Waals surface area contributed by atoms with Crippen LogP contribution in [0.1, 0.15) is 81.7 Å². The van der Waals surface area contributed by atoms with Gasteiger partial charge in [0, 0.05) is 60.8 Å². The zero-order valence-corrected chi connectivity index (χ0v) is 40.3. The van der Waals surface area contributed by atoms with Gasteiger partial charge < -0.3 is 50.1 Å². The highest BCUT2D eigenvalue weighted by Crippen LogP contribution is 2.66. The average molecular weight is 1030 g/mol. The number of aliphatic hydroxyl groups excluding tert-OH is 1. The minimum atomic E-state index is -5.79. The summed E-state index contributed by atoms with van der Waals surface area (Å²) >= 11 is 0. The number of nitrogen functional groups attached to an aromatic ring is 1. The molecule has 6 atom stereocenters. The van der Waals surface area contributed by atoms with Crippen molar-refractivity contribution in [2.75, 3.05) is 49.2 Å². The van der Waals surface area contributed by atoms with E-state index in [1.807, 2.05) is 38.1 Å². The number of rotatable bonds is 16. The molecule has 0 radical (unpaired) electrons. The Morgan fingerprint density at radius 3 is 2.56 bits per heavy atom. The molecule has 7 rings (SSSR count). The Morgan fingerprint density at radius 2 is 1.85 bits per heavy atom. The Morgan fingerprint density at radius 1 is 1.10 bits per heavy atom. The Balaban J connectivity index is 0.982. The van der Waals surface area contributed by atoms with Crippen molar-refractivity contribution in [3.63, 3.8) is 0 Å². The summed E-state index contributed by atoms with van der Waals surface area (Å²) < 4.78 is 96.2. The normalized spacial score (nSPS) is 22.4. The van der Waals surface area contributed by atoms with Crippen LogP contribution in [0.25, 0.3) is 0 Å². The van der Waals surface area contributed by atoms with E-state index in [0.29, 0.717) is 53.2 Å². The number of carbonyl (C=O) groups is 1. The number of fused-ring (bicyclic) bond motifs is 4. The molecule has 0 saturated carbocycles. The van der Waals surface area contributed by atoms with Crippen LogP contribution in [0.2, 0.25) is 0 Å². The van der Waals surface area contributed by atoms with E-state index < -0.39 is 81.5 Å². The topological polar surface area (TPSA) is 361 Å². The summed E-state index contributed by atoms with van der Waals surface area (Å²) in [5, 5.41) is 15.0. The van der Waals surface area contributed by atoms with Gasteiger partial charge in [-0.1, -0.05) is 11.8 Å². The molecule has 0 bridgehead atoms. The van der Waals surface area contributed by atoms with E-state index in [-0.39, 0.29) is 36.7 Å². The molecule has 4 aliphatic rings. The second-order valence-electron chi connectivity index (χ2n) is 17.1. The van der Waals surface area contributed by atoms with Crippen molar-refractivity contribution in [1.82, 2.24) is 19.4 Å². The van der Waals surface area contributed by atoms with E-state index >= 15 is 0 Å². The third-order valence-electron chi connectivity index (χ3n) is 11.6. The van der Waals surface area contributed by atoms with Crippen molar-refractivity contribution in [3.8, 4) is 23.3 Å². The Labute approximate surface area is 388 Å². The van der Waals surface area contributed by atoms with E-state index in [1.165, 1.54) is 11.8 Å². The van der Waals surface area contributed by atoms with Crippen molar-refractivity contribution < 1.29 is 78.8 Å². The fraction of sp³-hybridized carbons (Fsp3) is 0.513. The van der Waals surface area contributed by atoms with E-state index in [0.717, 1.165) is 35.9 Å². The van der Waals surface area contributed by atoms with Gasteiger partial charge in [-0.05, 0) is 57.7 Å². The van der Waals surface area contributed by atoms with Crippen LogP contribution in [-0.4, -0.2) is 109 Å². The number of nitrogens with two attached hydrogens (primary N) is 1. The molecule has 9 N–H and O–H groups in total. The van der Waals surface area contributed by atoms with Crippen LogP contribution in [0.5, 0.6) is 11.5 Å². The predicted molar refractivity (Wildman–Crippen MR) is 240 cm³/mol. The summed E-state index contributed by atoms with van der Waals surface area (Å²) in [6, 6.07) is 7.74. The lowest BCUT2D eigenvalue weighted by Crippen LogP contribution is -2.50. The molecule has 0 aliphatic carbocycles. The molecular weight excluding hydrogens is 979 g/mol. The first-order valence-corrected chi connectivity index (χ1v) is 27.3. The number of nitrogens with zero attached hydrogens (tertiary/aromatic N) is 5. The number of nitrogens with one attached hydrogen (secondary N) is 1. The first-order valence-electron chi connectivity index (χ1n) is 21.2. The largest absolute Gasteiger partial charge is 0.490 e. The standard InChI is InChI=1S/C39H50N7O18P3S/c1-4-44-12-6-9-23-14-27-32(16-29(23)44)61-33-17-30-26(15-28(33)42-27)25(22-68(57,58)59)19-39(2,3)46(30)13-7-10-35(48)41-11-5-8-24-20-45(38(49)43-37(24)40)36-18-31(47)34(62-36)21-60-66(53,54)64-67(55,56)63-65(50,51)52/h14-17,20,25,31,34,36,47H,4,6-7,9-13,18-19,21-22H2,1-3H3,(H7-,40,41,43,48,49,50,51,52,53,54,55,56,57,58,59)/p+1/t25?,31-,34+,36+/m0/s1. The van der Waals surface area contributed by atoms with Crippen molar-refractivity contribution in [1.29, 1.82) is 0 Å².